The number of fused-ring (bicyclic) bond motifs is 1. The number of rotatable bonds is 6. The molecule has 0 bridgehead atoms. The largest absolute Gasteiger partial charge is 0.456 e. The Hall–Kier alpha value is -1.30. The zero-order chi connectivity index (χ0) is 16.3. The normalized spacial score (nSPS) is 18.5. The predicted molar refractivity (Wildman–Crippen MR) is 79.1 cm³/mol. The number of carbonyl (C=O) groups excluding carboxylic acids is 1. The van der Waals surface area contributed by atoms with E-state index in [9.17, 15) is 18.0 Å². The van der Waals surface area contributed by atoms with E-state index in [2.05, 4.69) is 18.7 Å². The molecule has 0 aliphatic carbocycles. The fourth-order valence-corrected chi connectivity index (χ4v) is 3.28. The molecule has 1 aliphatic heterocycles. The number of Topliss-reactive ketones (excluding diaryl/α,β-unsaturated/α-hetero) is 1. The Morgan fingerprint density at radius 2 is 1.91 bits per heavy atom. The van der Waals surface area contributed by atoms with Gasteiger partial charge in [-0.25, -0.2) is 0 Å². The molecular weight excluding hydrogens is 293 g/mol. The summed E-state index contributed by atoms with van der Waals surface area (Å²) < 4.78 is 39.4. The third-order valence-electron chi connectivity index (χ3n) is 4.23. The van der Waals surface area contributed by atoms with E-state index in [0.29, 0.717) is 19.0 Å². The van der Waals surface area contributed by atoms with E-state index in [4.69, 9.17) is 0 Å². The van der Waals surface area contributed by atoms with Gasteiger partial charge >= 0.3 is 6.18 Å². The summed E-state index contributed by atoms with van der Waals surface area (Å²) in [5.41, 5.74) is 0.611. The molecule has 0 radical (unpaired) electrons. The van der Waals surface area contributed by atoms with Gasteiger partial charge in [0, 0.05) is 24.7 Å². The molecule has 0 N–H and O–H groups in total. The van der Waals surface area contributed by atoms with E-state index in [0.717, 1.165) is 38.0 Å². The molecular formula is C16H23F3N2O. The molecule has 2 rings (SSSR count). The summed E-state index contributed by atoms with van der Waals surface area (Å²) in [4.78, 5) is 13.9. The van der Waals surface area contributed by atoms with Crippen LogP contribution in [0, 0.1) is 0 Å². The fraction of sp³-hybridized carbons (Fsp3) is 0.688. The van der Waals surface area contributed by atoms with E-state index < -0.39 is 12.0 Å². The molecule has 0 fully saturated rings. The smallest absolute Gasteiger partial charge is 0.342 e. The topological polar surface area (TPSA) is 25.2 Å². The number of hydrogen-bond acceptors (Lipinski definition) is 2. The number of halogens is 3. The van der Waals surface area contributed by atoms with Crippen molar-refractivity contribution in [1.82, 2.24) is 9.47 Å². The maximum Gasteiger partial charge on any atom is 0.456 e. The van der Waals surface area contributed by atoms with Crippen molar-refractivity contribution >= 4 is 5.78 Å². The molecule has 22 heavy (non-hydrogen) atoms. The van der Waals surface area contributed by atoms with Gasteiger partial charge in [-0.1, -0.05) is 13.8 Å². The Bertz CT molecular complexity index is 516. The summed E-state index contributed by atoms with van der Waals surface area (Å²) in [6.45, 7) is 6.76. The number of carbonyl (C=O) groups is 1. The Morgan fingerprint density at radius 1 is 1.27 bits per heavy atom. The number of nitrogens with zero attached hydrogens (tertiary/aromatic N) is 2. The van der Waals surface area contributed by atoms with E-state index in [1.54, 1.807) is 10.6 Å². The standard InChI is InChI=1S/C16H23F3N2O/c1-3-8-20(9-4-2)12-7-10-21-13(11-12)5-6-14(21)15(22)16(17,18)19/h5-6,12H,3-4,7-11H2,1-2H3/t12-/m0/s1. The first kappa shape index (κ1) is 17.1. The van der Waals surface area contributed by atoms with Gasteiger partial charge < -0.3 is 4.57 Å². The van der Waals surface area contributed by atoms with Gasteiger partial charge in [0.1, 0.15) is 0 Å². The summed E-state index contributed by atoms with van der Waals surface area (Å²) in [6.07, 6.45) is -1.17. The van der Waals surface area contributed by atoms with Crippen LogP contribution in [0.2, 0.25) is 0 Å². The quantitative estimate of drug-likeness (QED) is 0.748. The number of hydrogen-bond donors (Lipinski definition) is 0. The first-order chi connectivity index (χ1) is 10.4. The van der Waals surface area contributed by atoms with Crippen molar-refractivity contribution in [2.45, 2.75) is 58.3 Å². The van der Waals surface area contributed by atoms with Gasteiger partial charge in [0.2, 0.25) is 0 Å². The van der Waals surface area contributed by atoms with Gasteiger partial charge in [0.05, 0.1) is 5.69 Å². The second kappa shape index (κ2) is 6.86. The van der Waals surface area contributed by atoms with E-state index in [-0.39, 0.29) is 5.69 Å². The van der Waals surface area contributed by atoms with Gasteiger partial charge in [-0.2, -0.15) is 13.2 Å². The van der Waals surface area contributed by atoms with Crippen molar-refractivity contribution in [2.75, 3.05) is 13.1 Å². The molecule has 1 aromatic heterocycles. The molecule has 0 saturated heterocycles. The molecule has 0 unspecified atom stereocenters. The molecule has 2 heterocycles. The minimum atomic E-state index is -4.80. The van der Waals surface area contributed by atoms with Crippen LogP contribution in [0.5, 0.6) is 0 Å². The van der Waals surface area contributed by atoms with Gasteiger partial charge in [-0.05, 0) is 44.5 Å². The first-order valence-corrected chi connectivity index (χ1v) is 7.92. The highest BCUT2D eigenvalue weighted by atomic mass is 19.4. The first-order valence-electron chi connectivity index (χ1n) is 7.92. The summed E-state index contributed by atoms with van der Waals surface area (Å²) in [6, 6.07) is 3.34. The van der Waals surface area contributed by atoms with Crippen LogP contribution in [0.4, 0.5) is 13.2 Å². The third kappa shape index (κ3) is 3.54. The van der Waals surface area contributed by atoms with Crippen molar-refractivity contribution in [2.24, 2.45) is 0 Å². The van der Waals surface area contributed by atoms with E-state index in [1.165, 1.54) is 6.07 Å². The van der Waals surface area contributed by atoms with Crippen LogP contribution in [0.1, 0.15) is 49.3 Å². The van der Waals surface area contributed by atoms with E-state index in [1.807, 2.05) is 0 Å². The minimum absolute atomic E-state index is 0.224. The average molecular weight is 316 g/mol. The lowest BCUT2D eigenvalue weighted by Gasteiger charge is -2.35. The maximum absolute atomic E-state index is 12.6. The summed E-state index contributed by atoms with van der Waals surface area (Å²) >= 11 is 0. The van der Waals surface area contributed by atoms with Crippen molar-refractivity contribution < 1.29 is 18.0 Å². The third-order valence-corrected chi connectivity index (χ3v) is 4.23. The number of aromatic nitrogens is 1. The molecule has 0 amide bonds. The zero-order valence-corrected chi connectivity index (χ0v) is 13.1. The number of ketones is 1. The van der Waals surface area contributed by atoms with Crippen molar-refractivity contribution in [3.8, 4) is 0 Å². The second-order valence-corrected chi connectivity index (χ2v) is 5.87. The fourth-order valence-electron chi connectivity index (χ4n) is 3.28. The lowest BCUT2D eigenvalue weighted by Crippen LogP contribution is -2.42. The number of alkyl halides is 3. The monoisotopic (exact) mass is 316 g/mol. The molecule has 0 aromatic carbocycles. The molecule has 124 valence electrons. The molecule has 0 spiro atoms. The summed E-state index contributed by atoms with van der Waals surface area (Å²) in [5, 5.41) is 0. The summed E-state index contributed by atoms with van der Waals surface area (Å²) in [5.74, 6) is -1.74. The van der Waals surface area contributed by atoms with E-state index >= 15 is 0 Å². The Morgan fingerprint density at radius 3 is 2.45 bits per heavy atom. The highest BCUT2D eigenvalue weighted by molar-refractivity contribution is 5.99. The predicted octanol–water partition coefficient (Wildman–Crippen LogP) is 3.67. The van der Waals surface area contributed by atoms with Crippen LogP contribution in [0.3, 0.4) is 0 Å². The van der Waals surface area contributed by atoms with Crippen molar-refractivity contribution in [3.05, 3.63) is 23.5 Å². The van der Waals surface area contributed by atoms with Gasteiger partial charge in [0.25, 0.3) is 5.78 Å². The average Bonchev–Trinajstić information content (AvgIpc) is 2.88. The molecule has 1 aliphatic rings. The van der Waals surface area contributed by atoms with Crippen LogP contribution in [-0.4, -0.2) is 40.6 Å². The van der Waals surface area contributed by atoms with Crippen LogP contribution in [0.25, 0.3) is 0 Å². The lowest BCUT2D eigenvalue weighted by molar-refractivity contribution is -0.0891. The van der Waals surface area contributed by atoms with Crippen LogP contribution in [-0.2, 0) is 13.0 Å². The van der Waals surface area contributed by atoms with Crippen LogP contribution in [0.15, 0.2) is 12.1 Å². The molecule has 6 heteroatoms. The highest BCUT2D eigenvalue weighted by Crippen LogP contribution is 2.27. The molecule has 3 nitrogen and oxygen atoms in total. The van der Waals surface area contributed by atoms with Crippen LogP contribution >= 0.6 is 0 Å². The van der Waals surface area contributed by atoms with Crippen molar-refractivity contribution in [3.63, 3.8) is 0 Å². The zero-order valence-electron chi connectivity index (χ0n) is 13.1. The Kier molecular flexibility index (Phi) is 5.32. The van der Waals surface area contributed by atoms with Gasteiger partial charge in [0.15, 0.2) is 0 Å². The van der Waals surface area contributed by atoms with Gasteiger partial charge in [-0.3, -0.25) is 9.69 Å². The SMILES string of the molecule is CCCN(CCC)[C@H]1CCn2c(ccc2C(=O)C(F)(F)F)C1. The molecule has 0 saturated carbocycles. The second-order valence-electron chi connectivity index (χ2n) is 5.87. The van der Waals surface area contributed by atoms with Crippen LogP contribution < -0.4 is 0 Å². The molecule has 1 atom stereocenters. The summed E-state index contributed by atoms with van der Waals surface area (Å²) in [7, 11) is 0. The van der Waals surface area contributed by atoms with Crippen molar-refractivity contribution in [1.29, 1.82) is 0 Å². The Labute approximate surface area is 129 Å². The maximum atomic E-state index is 12.6. The highest BCUT2D eigenvalue weighted by Gasteiger charge is 2.41. The minimum Gasteiger partial charge on any atom is -0.342 e. The Balaban J connectivity index is 2.16. The van der Waals surface area contributed by atoms with Gasteiger partial charge in [-0.15, -0.1) is 0 Å². The lowest BCUT2D eigenvalue weighted by atomic mass is 10.0. The molecule has 1 aromatic rings.